The molecule has 1 spiro atoms. The Kier molecular flexibility index (Phi) is 13.5. The number of carbonyl (C=O) groups excluding carboxylic acids is 1. The number of rotatable bonds is 15. The monoisotopic (exact) mass is 910 g/mol. The minimum atomic E-state index is -3.72. The molecule has 1 aliphatic heterocycles. The van der Waals surface area contributed by atoms with Crippen LogP contribution in [0.1, 0.15) is 98.8 Å². The molecule has 12 heteroatoms. The van der Waals surface area contributed by atoms with Crippen molar-refractivity contribution in [2.45, 2.75) is 108 Å². The number of anilines is 1. The van der Waals surface area contributed by atoms with Gasteiger partial charge in [-0.25, -0.2) is 13.2 Å². The van der Waals surface area contributed by atoms with Crippen LogP contribution in [0.2, 0.25) is 5.02 Å². The van der Waals surface area contributed by atoms with Gasteiger partial charge in [0.05, 0.1) is 43.4 Å². The van der Waals surface area contributed by atoms with E-state index in [0.29, 0.717) is 49.6 Å². The van der Waals surface area contributed by atoms with E-state index in [4.69, 9.17) is 30.5 Å². The van der Waals surface area contributed by atoms with Crippen LogP contribution < -0.4 is 19.1 Å². The molecular weight excluding hydrogens is 848 g/mol. The molecule has 10 nitrogen and oxygen atoms in total. The van der Waals surface area contributed by atoms with E-state index in [1.165, 1.54) is 11.1 Å². The van der Waals surface area contributed by atoms with Crippen molar-refractivity contribution in [3.8, 4) is 17.2 Å². The summed E-state index contributed by atoms with van der Waals surface area (Å²) in [7, 11) is -0.501. The topological polar surface area (TPSA) is 115 Å². The molecule has 6 atom stereocenters. The van der Waals surface area contributed by atoms with Gasteiger partial charge in [0.25, 0.3) is 0 Å². The first-order valence-corrected chi connectivity index (χ1v) is 24.6. The number of nitrogens with zero attached hydrogens (tertiary/aromatic N) is 2. The van der Waals surface area contributed by atoms with E-state index in [-0.39, 0.29) is 42.2 Å². The molecule has 4 aliphatic rings. The van der Waals surface area contributed by atoms with Gasteiger partial charge in [-0.2, -0.15) is 4.31 Å². The molecule has 0 unspecified atom stereocenters. The number of hydrogen-bond donors (Lipinski definition) is 1. The summed E-state index contributed by atoms with van der Waals surface area (Å²) in [6, 6.07) is 26.9. The lowest BCUT2D eigenvalue weighted by atomic mass is 9.65. The summed E-state index contributed by atoms with van der Waals surface area (Å²) in [6.45, 7) is 9.79. The SMILES string of the molecule is COc1ccc(CN(Cc2ccc(OC)cc2)S(=O)(=O)[C@@H](C)C[C@H]2C=C([C@@H](O)[C@@H]3CC[C@H]3CN3C[C@@]4(CCCc5cc(Cl)ccc54)COc4ccc(C(=O)OC(C)(C)C)cc43)C2)cc1. The van der Waals surface area contributed by atoms with E-state index in [2.05, 4.69) is 23.1 Å². The van der Waals surface area contributed by atoms with Gasteiger partial charge < -0.3 is 29.0 Å². The average Bonchev–Trinajstić information content (AvgIpc) is 3.39. The number of benzene rings is 4. The molecule has 0 amide bonds. The summed E-state index contributed by atoms with van der Waals surface area (Å²) in [5.41, 5.74) is 5.71. The number of aliphatic hydroxyl groups excluding tert-OH is 1. The predicted octanol–water partition coefficient (Wildman–Crippen LogP) is 9.93. The van der Waals surface area contributed by atoms with Crippen LogP contribution >= 0.6 is 11.6 Å². The van der Waals surface area contributed by atoms with Gasteiger partial charge >= 0.3 is 5.97 Å². The van der Waals surface area contributed by atoms with Crippen molar-refractivity contribution in [2.24, 2.45) is 17.8 Å². The van der Waals surface area contributed by atoms with E-state index in [1.807, 2.05) is 87.5 Å². The van der Waals surface area contributed by atoms with Crippen LogP contribution in [0.5, 0.6) is 17.2 Å². The van der Waals surface area contributed by atoms with Crippen LogP contribution in [0.25, 0.3) is 0 Å². The Morgan fingerprint density at radius 1 is 0.953 bits per heavy atom. The summed E-state index contributed by atoms with van der Waals surface area (Å²) in [5, 5.41) is 12.0. The van der Waals surface area contributed by atoms with Gasteiger partial charge in [-0.15, -0.1) is 0 Å². The zero-order valence-electron chi connectivity index (χ0n) is 38.0. The Morgan fingerprint density at radius 2 is 1.61 bits per heavy atom. The van der Waals surface area contributed by atoms with Gasteiger partial charge in [-0.05, 0) is 173 Å². The van der Waals surface area contributed by atoms with Crippen LogP contribution in [0.15, 0.2) is 96.6 Å². The smallest absolute Gasteiger partial charge is 0.338 e. The average molecular weight is 912 g/mol. The lowest BCUT2D eigenvalue weighted by molar-refractivity contribution is 0.00694. The second-order valence-electron chi connectivity index (χ2n) is 19.5. The normalized spacial score (nSPS) is 22.7. The van der Waals surface area contributed by atoms with Crippen molar-refractivity contribution in [2.75, 3.05) is 38.8 Å². The van der Waals surface area contributed by atoms with E-state index in [9.17, 15) is 18.3 Å². The van der Waals surface area contributed by atoms with Crippen molar-refractivity contribution < 1.29 is 37.3 Å². The van der Waals surface area contributed by atoms with Crippen LogP contribution in [-0.4, -0.2) is 74.7 Å². The second kappa shape index (κ2) is 18.7. The number of carbonyl (C=O) groups is 1. The standard InChI is InChI=1S/C52H63ClN2O8S/c1-34(64(58,59)55(29-35-9-16-43(60-5)17-10-35)30-36-11-18-44(61-6)19-12-36)24-37-25-41(26-37)49(56)45-20-13-40(45)31-54-32-52(23-7-8-38-27-42(53)15-21-46(38)52)33-62-48-22-14-39(28-47(48)54)50(57)63-51(2,3)4/h9-12,14-19,21-22,25,27-28,34,37,40,45,49,56H,7-8,13,20,23-24,26,29-33H2,1-6H3/t34-,37-,40-,45+,49+,52-/m0/s1. The molecule has 1 saturated carbocycles. The molecule has 0 aromatic heterocycles. The highest BCUT2D eigenvalue weighted by Gasteiger charge is 2.46. The van der Waals surface area contributed by atoms with Crippen LogP contribution in [0.4, 0.5) is 5.69 Å². The number of hydrogen-bond acceptors (Lipinski definition) is 9. The third-order valence-corrected chi connectivity index (χ3v) is 16.3. The van der Waals surface area contributed by atoms with Crippen molar-refractivity contribution in [1.29, 1.82) is 0 Å². The maximum absolute atomic E-state index is 14.4. The van der Waals surface area contributed by atoms with Crippen molar-refractivity contribution in [3.63, 3.8) is 0 Å². The molecule has 1 N–H and O–H groups in total. The van der Waals surface area contributed by atoms with Crippen LogP contribution in [0, 0.1) is 17.8 Å². The number of halogens is 1. The van der Waals surface area contributed by atoms with Gasteiger partial charge in [-0.3, -0.25) is 0 Å². The molecule has 342 valence electrons. The molecule has 0 bridgehead atoms. The molecule has 8 rings (SSSR count). The summed E-state index contributed by atoms with van der Waals surface area (Å²) < 4.78 is 53.4. The Labute approximate surface area is 384 Å². The lowest BCUT2D eigenvalue weighted by Gasteiger charge is -2.47. The van der Waals surface area contributed by atoms with Gasteiger partial charge in [0.1, 0.15) is 22.8 Å². The largest absolute Gasteiger partial charge is 0.497 e. The number of esters is 1. The molecule has 1 fully saturated rings. The zero-order valence-corrected chi connectivity index (χ0v) is 39.6. The Hall–Kier alpha value is -4.55. The molecule has 64 heavy (non-hydrogen) atoms. The molecule has 1 heterocycles. The summed E-state index contributed by atoms with van der Waals surface area (Å²) in [6.07, 6.45) is 7.48. The fraction of sp³-hybridized carbons (Fsp3) is 0.481. The van der Waals surface area contributed by atoms with E-state index < -0.39 is 27.0 Å². The number of fused-ring (bicyclic) bond motifs is 3. The molecular formula is C52H63ClN2O8S. The van der Waals surface area contributed by atoms with E-state index in [1.54, 1.807) is 31.5 Å². The van der Waals surface area contributed by atoms with Crippen molar-refractivity contribution >= 4 is 33.3 Å². The lowest BCUT2D eigenvalue weighted by Crippen LogP contribution is -2.50. The summed E-state index contributed by atoms with van der Waals surface area (Å²) >= 11 is 6.50. The summed E-state index contributed by atoms with van der Waals surface area (Å²) in [5.74, 6) is 2.11. The maximum Gasteiger partial charge on any atom is 0.338 e. The first-order valence-electron chi connectivity index (χ1n) is 22.7. The minimum Gasteiger partial charge on any atom is -0.497 e. The molecule has 3 aliphatic carbocycles. The van der Waals surface area contributed by atoms with Gasteiger partial charge in [-0.1, -0.05) is 48.0 Å². The fourth-order valence-corrected chi connectivity index (χ4v) is 12.1. The highest BCUT2D eigenvalue weighted by Crippen LogP contribution is 2.48. The number of aryl methyl sites for hydroxylation is 1. The Balaban J connectivity index is 0.976. The highest BCUT2D eigenvalue weighted by molar-refractivity contribution is 7.89. The first-order chi connectivity index (χ1) is 30.5. The van der Waals surface area contributed by atoms with Crippen LogP contribution in [-0.2, 0) is 39.7 Å². The molecule has 0 saturated heterocycles. The number of aliphatic hydroxyl groups is 1. The van der Waals surface area contributed by atoms with E-state index in [0.717, 1.165) is 65.3 Å². The molecule has 0 radical (unpaired) electrons. The van der Waals surface area contributed by atoms with Crippen molar-refractivity contribution in [1.82, 2.24) is 4.31 Å². The minimum absolute atomic E-state index is 0.0532. The highest BCUT2D eigenvalue weighted by atomic mass is 35.5. The van der Waals surface area contributed by atoms with Crippen LogP contribution in [0.3, 0.4) is 0 Å². The Bertz CT molecular complexity index is 2400. The van der Waals surface area contributed by atoms with Gasteiger partial charge in [0.15, 0.2) is 0 Å². The number of sulfonamides is 1. The first kappa shape index (κ1) is 46.0. The molecule has 4 aromatic rings. The fourth-order valence-electron chi connectivity index (χ4n) is 10.2. The Morgan fingerprint density at radius 3 is 2.20 bits per heavy atom. The zero-order chi connectivity index (χ0) is 45.4. The number of ether oxygens (including phenoxy) is 4. The van der Waals surface area contributed by atoms with Gasteiger partial charge in [0.2, 0.25) is 10.0 Å². The predicted molar refractivity (Wildman–Crippen MR) is 252 cm³/mol. The number of allylic oxidation sites excluding steroid dienone is 1. The molecule has 4 aromatic carbocycles. The maximum atomic E-state index is 14.4. The van der Waals surface area contributed by atoms with Gasteiger partial charge in [0, 0.05) is 36.6 Å². The third kappa shape index (κ3) is 9.98. The van der Waals surface area contributed by atoms with E-state index >= 15 is 0 Å². The quantitative estimate of drug-likeness (QED) is 0.0920. The third-order valence-electron chi connectivity index (χ3n) is 13.9. The summed E-state index contributed by atoms with van der Waals surface area (Å²) in [4.78, 5) is 15.8. The van der Waals surface area contributed by atoms with Crippen molar-refractivity contribution in [3.05, 3.63) is 129 Å². The number of methoxy groups -OCH3 is 2. The second-order valence-corrected chi connectivity index (χ2v) is 22.3.